The first-order chi connectivity index (χ1) is 13.0. The largest absolute Gasteiger partial charge is 0.465 e. The monoisotopic (exact) mass is 371 g/mol. The fourth-order valence-corrected chi connectivity index (χ4v) is 3.67. The van der Waals surface area contributed by atoms with Gasteiger partial charge in [-0.15, -0.1) is 0 Å². The number of carboxylic acid groups (broad SMARTS) is 1. The molecular weight excluding hydrogens is 354 g/mol. The average molecular weight is 371 g/mol. The molecular formula is C16H17N7O4. The Morgan fingerprint density at radius 2 is 2.07 bits per heavy atom. The second-order valence-corrected chi connectivity index (χ2v) is 6.49. The minimum Gasteiger partial charge on any atom is -0.465 e. The van der Waals surface area contributed by atoms with Crippen LogP contribution in [0.1, 0.15) is 12.8 Å². The van der Waals surface area contributed by atoms with E-state index in [0.29, 0.717) is 24.7 Å². The van der Waals surface area contributed by atoms with Gasteiger partial charge >= 0.3 is 11.8 Å². The Kier molecular flexibility index (Phi) is 4.18. The van der Waals surface area contributed by atoms with Crippen LogP contribution in [0.2, 0.25) is 0 Å². The molecule has 5 heterocycles. The molecule has 0 spiro atoms. The van der Waals surface area contributed by atoms with Crippen molar-refractivity contribution < 1.29 is 14.8 Å². The number of rotatable bonds is 4. The van der Waals surface area contributed by atoms with Gasteiger partial charge < -0.3 is 20.2 Å². The first-order valence-electron chi connectivity index (χ1n) is 8.47. The molecule has 11 heteroatoms. The van der Waals surface area contributed by atoms with Crippen molar-refractivity contribution in [2.45, 2.75) is 24.9 Å². The van der Waals surface area contributed by atoms with Gasteiger partial charge in [0.15, 0.2) is 0 Å². The number of carbonyl (C=O) groups is 1. The van der Waals surface area contributed by atoms with E-state index in [0.717, 1.165) is 12.8 Å². The third-order valence-corrected chi connectivity index (χ3v) is 4.95. The Morgan fingerprint density at radius 3 is 2.70 bits per heavy atom. The third kappa shape index (κ3) is 3.18. The fraction of sp³-hybridized carbons (Fsp3) is 0.375. The lowest BCUT2D eigenvalue weighted by molar-refractivity contribution is -0.384. The van der Waals surface area contributed by atoms with Crippen molar-refractivity contribution in [3.63, 3.8) is 0 Å². The van der Waals surface area contributed by atoms with E-state index >= 15 is 0 Å². The Balaban J connectivity index is 1.64. The molecule has 0 unspecified atom stereocenters. The summed E-state index contributed by atoms with van der Waals surface area (Å²) in [6.07, 6.45) is 3.62. The van der Waals surface area contributed by atoms with E-state index in [1.54, 1.807) is 12.1 Å². The van der Waals surface area contributed by atoms with Crippen molar-refractivity contribution >= 4 is 29.2 Å². The summed E-state index contributed by atoms with van der Waals surface area (Å²) in [6, 6.07) is 4.51. The standard InChI is InChI=1S/C16H17N7O4/c24-16(25)22-8-10-1-2-11(22)7-21(10)14-4-3-12(23(26)27)15(20-14)19-13-5-6-17-9-18-13/h3-6,9-11H,1-2,7-8H2,(H,24,25)(H,17,18,19,20)/t10-,11-/m1/s1. The van der Waals surface area contributed by atoms with Crippen LogP contribution < -0.4 is 10.2 Å². The van der Waals surface area contributed by atoms with Crippen LogP contribution in [0.15, 0.2) is 30.7 Å². The van der Waals surface area contributed by atoms with Crippen LogP contribution in [0.3, 0.4) is 0 Å². The maximum atomic E-state index is 11.4. The average Bonchev–Trinajstić information content (AvgIpc) is 2.68. The molecule has 2 aromatic heterocycles. The molecule has 0 saturated carbocycles. The number of piperidine rings is 2. The van der Waals surface area contributed by atoms with Gasteiger partial charge in [0.2, 0.25) is 5.82 Å². The number of nitro groups is 1. The van der Waals surface area contributed by atoms with Crippen LogP contribution in [-0.2, 0) is 0 Å². The lowest BCUT2D eigenvalue weighted by Gasteiger charge is -2.50. The van der Waals surface area contributed by atoms with Crippen molar-refractivity contribution in [1.29, 1.82) is 0 Å². The van der Waals surface area contributed by atoms with E-state index in [4.69, 9.17) is 0 Å². The molecule has 2 bridgehead atoms. The van der Waals surface area contributed by atoms with Gasteiger partial charge in [-0.05, 0) is 25.0 Å². The summed E-state index contributed by atoms with van der Waals surface area (Å²) in [4.78, 5) is 38.0. The Bertz CT molecular complexity index is 878. The second kappa shape index (κ2) is 6.67. The number of pyridine rings is 1. The fourth-order valence-electron chi connectivity index (χ4n) is 3.67. The molecule has 2 N–H and O–H groups in total. The zero-order valence-corrected chi connectivity index (χ0v) is 14.2. The minimum atomic E-state index is -0.910. The minimum absolute atomic E-state index is 0.00644. The Labute approximate surface area is 153 Å². The molecule has 11 nitrogen and oxygen atoms in total. The molecule has 3 saturated heterocycles. The molecule has 3 aliphatic rings. The van der Waals surface area contributed by atoms with E-state index in [9.17, 15) is 20.0 Å². The third-order valence-electron chi connectivity index (χ3n) is 4.95. The molecule has 140 valence electrons. The van der Waals surface area contributed by atoms with Crippen molar-refractivity contribution in [2.24, 2.45) is 0 Å². The van der Waals surface area contributed by atoms with Crippen LogP contribution in [0.25, 0.3) is 0 Å². The van der Waals surface area contributed by atoms with Crippen molar-refractivity contribution in [1.82, 2.24) is 19.9 Å². The second-order valence-electron chi connectivity index (χ2n) is 6.49. The normalized spacial score (nSPS) is 21.2. The van der Waals surface area contributed by atoms with Gasteiger partial charge in [-0.1, -0.05) is 0 Å². The van der Waals surface area contributed by atoms with Crippen LogP contribution in [0.5, 0.6) is 0 Å². The lowest BCUT2D eigenvalue weighted by atomic mass is 9.91. The molecule has 2 atom stereocenters. The van der Waals surface area contributed by atoms with Crippen molar-refractivity contribution in [3.8, 4) is 0 Å². The van der Waals surface area contributed by atoms with Crippen molar-refractivity contribution in [2.75, 3.05) is 23.3 Å². The van der Waals surface area contributed by atoms with Gasteiger partial charge in [0.1, 0.15) is 18.0 Å². The van der Waals surface area contributed by atoms with E-state index in [2.05, 4.69) is 20.3 Å². The molecule has 27 heavy (non-hydrogen) atoms. The Morgan fingerprint density at radius 1 is 1.26 bits per heavy atom. The number of hydrogen-bond donors (Lipinski definition) is 2. The predicted molar refractivity (Wildman–Crippen MR) is 95.1 cm³/mol. The lowest BCUT2D eigenvalue weighted by Crippen LogP contribution is -2.64. The van der Waals surface area contributed by atoms with E-state index in [1.807, 2.05) is 4.90 Å². The summed E-state index contributed by atoms with van der Waals surface area (Å²) in [5, 5.41) is 23.5. The molecule has 0 aromatic carbocycles. The molecule has 3 fully saturated rings. The smallest absolute Gasteiger partial charge is 0.407 e. The van der Waals surface area contributed by atoms with Gasteiger partial charge in [-0.2, -0.15) is 0 Å². The zero-order valence-electron chi connectivity index (χ0n) is 14.2. The summed E-state index contributed by atoms with van der Waals surface area (Å²) in [5.41, 5.74) is -0.160. The van der Waals surface area contributed by atoms with Gasteiger partial charge in [0.25, 0.3) is 0 Å². The maximum absolute atomic E-state index is 11.4. The molecule has 0 radical (unpaired) electrons. The highest BCUT2D eigenvalue weighted by Crippen LogP contribution is 2.34. The van der Waals surface area contributed by atoms with Crippen molar-refractivity contribution in [3.05, 3.63) is 40.8 Å². The number of aromatic nitrogens is 3. The number of anilines is 3. The summed E-state index contributed by atoms with van der Waals surface area (Å²) in [6.45, 7) is 0.933. The zero-order chi connectivity index (χ0) is 19.0. The van der Waals surface area contributed by atoms with Crippen LogP contribution in [0, 0.1) is 10.1 Å². The number of fused-ring (bicyclic) bond motifs is 3. The highest BCUT2D eigenvalue weighted by atomic mass is 16.6. The maximum Gasteiger partial charge on any atom is 0.407 e. The highest BCUT2D eigenvalue weighted by Gasteiger charge is 2.41. The number of piperazine rings is 1. The first-order valence-corrected chi connectivity index (χ1v) is 8.47. The SMILES string of the molecule is O=C(O)N1C[C@H]2CC[C@@H]1CN2c1ccc([N+](=O)[O-])c(Nc2ccncn2)n1. The summed E-state index contributed by atoms with van der Waals surface area (Å²) in [5.74, 6) is 1.07. The number of hydrogen-bond acceptors (Lipinski definition) is 8. The van der Waals surface area contributed by atoms with E-state index in [1.165, 1.54) is 23.5 Å². The molecule has 1 amide bonds. The van der Waals surface area contributed by atoms with Crippen LogP contribution in [0.4, 0.5) is 27.9 Å². The first kappa shape index (κ1) is 16.9. The molecule has 3 aliphatic heterocycles. The summed E-state index contributed by atoms with van der Waals surface area (Å²) in [7, 11) is 0. The number of nitrogens with zero attached hydrogens (tertiary/aromatic N) is 6. The van der Waals surface area contributed by atoms with Crippen LogP contribution >= 0.6 is 0 Å². The highest BCUT2D eigenvalue weighted by molar-refractivity contribution is 5.68. The van der Waals surface area contributed by atoms with Gasteiger partial charge in [-0.3, -0.25) is 10.1 Å². The Hall–Kier alpha value is -3.50. The summed E-state index contributed by atoms with van der Waals surface area (Å²) >= 11 is 0. The van der Waals surface area contributed by atoms with E-state index in [-0.39, 0.29) is 23.6 Å². The van der Waals surface area contributed by atoms with E-state index < -0.39 is 11.0 Å². The molecule has 2 aromatic rings. The van der Waals surface area contributed by atoms with Gasteiger partial charge in [0, 0.05) is 31.4 Å². The topological polar surface area (TPSA) is 138 Å². The van der Waals surface area contributed by atoms with Crippen LogP contribution in [-0.4, -0.2) is 61.1 Å². The van der Waals surface area contributed by atoms with Gasteiger partial charge in [-0.25, -0.2) is 19.7 Å². The number of amides is 1. The predicted octanol–water partition coefficient (Wildman–Crippen LogP) is 1.85. The number of nitrogens with one attached hydrogen (secondary N) is 1. The van der Waals surface area contributed by atoms with Gasteiger partial charge in [0.05, 0.1) is 11.0 Å². The molecule has 5 rings (SSSR count). The quantitative estimate of drug-likeness (QED) is 0.609. The molecule has 0 aliphatic carbocycles. The summed E-state index contributed by atoms with van der Waals surface area (Å²) < 4.78 is 0.